The highest BCUT2D eigenvalue weighted by Crippen LogP contribution is 2.38. The van der Waals surface area contributed by atoms with Gasteiger partial charge in [-0.25, -0.2) is 0 Å². The summed E-state index contributed by atoms with van der Waals surface area (Å²) in [6.07, 6.45) is 6.20. The van der Waals surface area contributed by atoms with Gasteiger partial charge < -0.3 is 10.3 Å². The van der Waals surface area contributed by atoms with Crippen LogP contribution >= 0.6 is 0 Å². The lowest BCUT2D eigenvalue weighted by Gasteiger charge is -2.33. The van der Waals surface area contributed by atoms with Crippen molar-refractivity contribution in [3.05, 3.63) is 36.0 Å². The second kappa shape index (κ2) is 5.01. The van der Waals surface area contributed by atoms with Crippen LogP contribution in [0, 0.1) is 11.8 Å². The molecule has 1 heterocycles. The van der Waals surface area contributed by atoms with E-state index in [0.717, 1.165) is 11.8 Å². The Bertz CT molecular complexity index is 570. The van der Waals surface area contributed by atoms with Gasteiger partial charge in [0.1, 0.15) is 0 Å². The van der Waals surface area contributed by atoms with E-state index in [4.69, 9.17) is 5.73 Å². The summed E-state index contributed by atoms with van der Waals surface area (Å²) in [6, 6.07) is 9.35. The maximum atomic E-state index is 5.91. The molecule has 2 nitrogen and oxygen atoms in total. The highest BCUT2D eigenvalue weighted by molar-refractivity contribution is 5.83. The monoisotopic (exact) mass is 256 g/mol. The topological polar surface area (TPSA) is 30.9 Å². The Hall–Kier alpha value is -1.28. The summed E-state index contributed by atoms with van der Waals surface area (Å²) in [5, 5.41) is 1.33. The fraction of sp³-hybridized carbons (Fsp3) is 0.529. The summed E-state index contributed by atoms with van der Waals surface area (Å²) in [7, 11) is 0. The maximum absolute atomic E-state index is 5.91. The van der Waals surface area contributed by atoms with Gasteiger partial charge in [0.2, 0.25) is 0 Å². The van der Waals surface area contributed by atoms with Crippen LogP contribution in [0.2, 0.25) is 0 Å². The smallest absolute Gasteiger partial charge is 0.0528 e. The van der Waals surface area contributed by atoms with E-state index in [1.54, 1.807) is 0 Å². The fourth-order valence-corrected chi connectivity index (χ4v) is 3.54. The Kier molecular flexibility index (Phi) is 3.36. The van der Waals surface area contributed by atoms with Crippen molar-refractivity contribution in [3.8, 4) is 0 Å². The van der Waals surface area contributed by atoms with Crippen LogP contribution in [0.25, 0.3) is 10.9 Å². The largest absolute Gasteiger partial charge is 0.344 e. The predicted molar refractivity (Wildman–Crippen MR) is 81.0 cm³/mol. The normalized spacial score (nSPS) is 27.8. The lowest BCUT2D eigenvalue weighted by Crippen LogP contribution is -2.23. The SMILES string of the molecule is CC1CCC(n2ccc3cccc(CN)c32)CC1C. The molecule has 1 aromatic carbocycles. The molecule has 102 valence electrons. The third-order valence-corrected chi connectivity index (χ3v) is 5.01. The van der Waals surface area contributed by atoms with E-state index in [0.29, 0.717) is 12.6 Å². The standard InChI is InChI=1S/C17H24N2/c1-12-6-7-16(10-13(12)2)19-9-8-14-4-3-5-15(11-18)17(14)19/h3-5,8-9,12-13,16H,6-7,10-11,18H2,1-2H3. The molecule has 1 saturated carbocycles. The van der Waals surface area contributed by atoms with E-state index >= 15 is 0 Å². The Balaban J connectivity index is 2.01. The minimum Gasteiger partial charge on any atom is -0.344 e. The minimum atomic E-state index is 0.625. The van der Waals surface area contributed by atoms with E-state index in [1.165, 1.54) is 35.7 Å². The molecule has 0 bridgehead atoms. The molecule has 0 saturated heterocycles. The highest BCUT2D eigenvalue weighted by atomic mass is 15.0. The number of nitrogens with zero attached hydrogens (tertiary/aromatic N) is 1. The number of para-hydroxylation sites is 1. The van der Waals surface area contributed by atoms with Gasteiger partial charge in [-0.05, 0) is 48.1 Å². The van der Waals surface area contributed by atoms with E-state index in [2.05, 4.69) is 48.9 Å². The van der Waals surface area contributed by atoms with Crippen molar-refractivity contribution in [2.45, 2.75) is 45.7 Å². The molecule has 0 radical (unpaired) electrons. The molecule has 3 atom stereocenters. The van der Waals surface area contributed by atoms with Crippen molar-refractivity contribution in [2.24, 2.45) is 17.6 Å². The summed E-state index contributed by atoms with van der Waals surface area (Å²) < 4.78 is 2.49. The molecule has 3 rings (SSSR count). The van der Waals surface area contributed by atoms with Crippen LogP contribution in [-0.2, 0) is 6.54 Å². The lowest BCUT2D eigenvalue weighted by molar-refractivity contribution is 0.214. The second-order valence-corrected chi connectivity index (χ2v) is 6.20. The summed E-state index contributed by atoms with van der Waals surface area (Å²) in [5.41, 5.74) is 8.54. The first-order valence-electron chi connectivity index (χ1n) is 7.49. The Morgan fingerprint density at radius 3 is 2.74 bits per heavy atom. The third-order valence-electron chi connectivity index (χ3n) is 5.01. The van der Waals surface area contributed by atoms with Crippen LogP contribution in [0.15, 0.2) is 30.5 Å². The molecular formula is C17H24N2. The minimum absolute atomic E-state index is 0.625. The average Bonchev–Trinajstić information content (AvgIpc) is 2.85. The molecule has 3 unspecified atom stereocenters. The molecule has 1 aliphatic carbocycles. The van der Waals surface area contributed by atoms with E-state index in [9.17, 15) is 0 Å². The van der Waals surface area contributed by atoms with Gasteiger partial charge in [-0.15, -0.1) is 0 Å². The summed E-state index contributed by atoms with van der Waals surface area (Å²) in [6.45, 7) is 5.41. The van der Waals surface area contributed by atoms with Gasteiger partial charge in [-0.1, -0.05) is 32.0 Å². The second-order valence-electron chi connectivity index (χ2n) is 6.20. The van der Waals surface area contributed by atoms with Crippen LogP contribution < -0.4 is 5.73 Å². The molecule has 2 N–H and O–H groups in total. The first-order valence-corrected chi connectivity index (χ1v) is 7.49. The molecule has 0 aliphatic heterocycles. The van der Waals surface area contributed by atoms with Gasteiger partial charge in [-0.3, -0.25) is 0 Å². The first kappa shape index (κ1) is 12.7. The molecule has 1 fully saturated rings. The first-order chi connectivity index (χ1) is 9.20. The molecule has 2 aromatic rings. The molecule has 0 spiro atoms. The number of rotatable bonds is 2. The number of hydrogen-bond acceptors (Lipinski definition) is 1. The fourth-order valence-electron chi connectivity index (χ4n) is 3.54. The zero-order chi connectivity index (χ0) is 13.4. The van der Waals surface area contributed by atoms with E-state index in [1.807, 2.05) is 0 Å². The van der Waals surface area contributed by atoms with E-state index < -0.39 is 0 Å². The van der Waals surface area contributed by atoms with Gasteiger partial charge >= 0.3 is 0 Å². The van der Waals surface area contributed by atoms with Gasteiger partial charge in [0, 0.05) is 18.8 Å². The van der Waals surface area contributed by atoms with Crippen molar-refractivity contribution in [1.82, 2.24) is 4.57 Å². The third kappa shape index (κ3) is 2.18. The van der Waals surface area contributed by atoms with Gasteiger partial charge in [0.25, 0.3) is 0 Å². The Labute approximate surface area is 115 Å². The quantitative estimate of drug-likeness (QED) is 0.861. The predicted octanol–water partition coefficient (Wildman–Crippen LogP) is 4.10. The Morgan fingerprint density at radius 2 is 2.00 bits per heavy atom. The lowest BCUT2D eigenvalue weighted by atomic mass is 9.79. The maximum Gasteiger partial charge on any atom is 0.0528 e. The molecule has 2 heteroatoms. The molecular weight excluding hydrogens is 232 g/mol. The van der Waals surface area contributed by atoms with Crippen LogP contribution in [-0.4, -0.2) is 4.57 Å². The highest BCUT2D eigenvalue weighted by Gasteiger charge is 2.26. The van der Waals surface area contributed by atoms with Crippen molar-refractivity contribution >= 4 is 10.9 Å². The zero-order valence-electron chi connectivity index (χ0n) is 12.0. The summed E-state index contributed by atoms with van der Waals surface area (Å²) >= 11 is 0. The van der Waals surface area contributed by atoms with E-state index in [-0.39, 0.29) is 0 Å². The molecule has 1 aliphatic rings. The number of benzene rings is 1. The van der Waals surface area contributed by atoms with Gasteiger partial charge in [-0.2, -0.15) is 0 Å². The number of fused-ring (bicyclic) bond motifs is 1. The number of hydrogen-bond donors (Lipinski definition) is 1. The van der Waals surface area contributed by atoms with Crippen LogP contribution in [0.3, 0.4) is 0 Å². The Morgan fingerprint density at radius 1 is 1.16 bits per heavy atom. The number of aromatic nitrogens is 1. The van der Waals surface area contributed by atoms with Crippen LogP contribution in [0.5, 0.6) is 0 Å². The molecule has 0 amide bonds. The van der Waals surface area contributed by atoms with Crippen LogP contribution in [0.4, 0.5) is 0 Å². The van der Waals surface area contributed by atoms with Crippen molar-refractivity contribution in [2.75, 3.05) is 0 Å². The van der Waals surface area contributed by atoms with Gasteiger partial charge in [0.15, 0.2) is 0 Å². The van der Waals surface area contributed by atoms with Crippen molar-refractivity contribution in [1.29, 1.82) is 0 Å². The summed E-state index contributed by atoms with van der Waals surface area (Å²) in [4.78, 5) is 0. The molecule has 1 aromatic heterocycles. The summed E-state index contributed by atoms with van der Waals surface area (Å²) in [5.74, 6) is 1.69. The average molecular weight is 256 g/mol. The van der Waals surface area contributed by atoms with Crippen molar-refractivity contribution in [3.63, 3.8) is 0 Å². The van der Waals surface area contributed by atoms with Gasteiger partial charge in [0.05, 0.1) is 5.52 Å². The van der Waals surface area contributed by atoms with Crippen molar-refractivity contribution < 1.29 is 0 Å². The zero-order valence-corrected chi connectivity index (χ0v) is 12.0. The van der Waals surface area contributed by atoms with Crippen LogP contribution in [0.1, 0.15) is 44.7 Å². The number of nitrogens with two attached hydrogens (primary N) is 1. The molecule has 19 heavy (non-hydrogen) atoms.